The van der Waals surface area contributed by atoms with Gasteiger partial charge < -0.3 is 5.32 Å². The number of halogens is 2. The molecule has 1 N–H and O–H groups in total. The van der Waals surface area contributed by atoms with Crippen molar-refractivity contribution in [1.82, 2.24) is 5.32 Å². The van der Waals surface area contributed by atoms with Gasteiger partial charge in [-0.15, -0.1) is 0 Å². The van der Waals surface area contributed by atoms with Crippen LogP contribution in [-0.2, 0) is 0 Å². The third-order valence-corrected chi connectivity index (χ3v) is 2.86. The molecule has 1 atom stereocenters. The lowest BCUT2D eigenvalue weighted by Crippen LogP contribution is -2.16. The molecule has 0 aliphatic carbocycles. The van der Waals surface area contributed by atoms with Crippen LogP contribution in [0, 0.1) is 5.82 Å². The largest absolute Gasteiger partial charge is 0.313 e. The Labute approximate surface area is 95.6 Å². The Morgan fingerprint density at radius 3 is 2.73 bits per heavy atom. The standard InChI is InChI=1S/C12H17ClFN/c1-3-4-5-12(15-2)10-7-6-9(14)8-11(10)13/h6-8,12,15H,3-5H2,1-2H3. The Bertz CT molecular complexity index is 314. The van der Waals surface area contributed by atoms with Crippen LogP contribution in [0.15, 0.2) is 18.2 Å². The van der Waals surface area contributed by atoms with Crippen molar-refractivity contribution in [2.75, 3.05) is 7.05 Å². The first-order valence-corrected chi connectivity index (χ1v) is 5.69. The normalized spacial score (nSPS) is 12.8. The van der Waals surface area contributed by atoms with Crippen LogP contribution < -0.4 is 5.32 Å². The van der Waals surface area contributed by atoms with Gasteiger partial charge in [0.25, 0.3) is 0 Å². The molecule has 0 radical (unpaired) electrons. The van der Waals surface area contributed by atoms with E-state index in [9.17, 15) is 4.39 Å². The zero-order valence-electron chi connectivity index (χ0n) is 9.19. The fourth-order valence-electron chi connectivity index (χ4n) is 1.65. The quantitative estimate of drug-likeness (QED) is 0.807. The molecule has 1 nitrogen and oxygen atoms in total. The summed E-state index contributed by atoms with van der Waals surface area (Å²) >= 11 is 6.00. The van der Waals surface area contributed by atoms with Crippen LogP contribution in [0.5, 0.6) is 0 Å². The van der Waals surface area contributed by atoms with Crippen molar-refractivity contribution < 1.29 is 4.39 Å². The minimum atomic E-state index is -0.283. The van der Waals surface area contributed by atoms with Gasteiger partial charge in [0, 0.05) is 11.1 Å². The summed E-state index contributed by atoms with van der Waals surface area (Å²) in [4.78, 5) is 0. The summed E-state index contributed by atoms with van der Waals surface area (Å²) in [5.74, 6) is -0.283. The van der Waals surface area contributed by atoms with E-state index in [1.165, 1.54) is 12.1 Å². The predicted octanol–water partition coefficient (Wildman–Crippen LogP) is 3.93. The number of rotatable bonds is 5. The lowest BCUT2D eigenvalue weighted by atomic mass is 10.0. The number of hydrogen-bond acceptors (Lipinski definition) is 1. The van der Waals surface area contributed by atoms with Crippen molar-refractivity contribution in [2.45, 2.75) is 32.2 Å². The van der Waals surface area contributed by atoms with Gasteiger partial charge in [0.1, 0.15) is 5.82 Å². The second kappa shape index (κ2) is 6.09. The highest BCUT2D eigenvalue weighted by molar-refractivity contribution is 6.31. The van der Waals surface area contributed by atoms with Crippen molar-refractivity contribution in [3.8, 4) is 0 Å². The average molecular weight is 230 g/mol. The first-order chi connectivity index (χ1) is 7.19. The van der Waals surface area contributed by atoms with Gasteiger partial charge in [-0.25, -0.2) is 4.39 Å². The van der Waals surface area contributed by atoms with Crippen molar-refractivity contribution >= 4 is 11.6 Å². The van der Waals surface area contributed by atoms with Gasteiger partial charge in [0.2, 0.25) is 0 Å². The molecular formula is C12H17ClFN. The minimum Gasteiger partial charge on any atom is -0.313 e. The molecule has 1 aromatic carbocycles. The molecule has 3 heteroatoms. The molecule has 0 aliphatic rings. The number of benzene rings is 1. The fraction of sp³-hybridized carbons (Fsp3) is 0.500. The molecule has 0 spiro atoms. The van der Waals surface area contributed by atoms with E-state index in [1.807, 2.05) is 7.05 Å². The third kappa shape index (κ3) is 3.47. The van der Waals surface area contributed by atoms with E-state index in [2.05, 4.69) is 12.2 Å². The van der Waals surface area contributed by atoms with Crippen molar-refractivity contribution in [3.63, 3.8) is 0 Å². The Kier molecular flexibility index (Phi) is 5.06. The van der Waals surface area contributed by atoms with E-state index in [1.54, 1.807) is 6.07 Å². The highest BCUT2D eigenvalue weighted by Gasteiger charge is 2.12. The van der Waals surface area contributed by atoms with Crippen LogP contribution in [-0.4, -0.2) is 7.05 Å². The predicted molar refractivity (Wildman–Crippen MR) is 62.7 cm³/mol. The zero-order valence-corrected chi connectivity index (χ0v) is 9.94. The SMILES string of the molecule is CCCCC(NC)c1ccc(F)cc1Cl. The molecule has 1 aromatic rings. The fourth-order valence-corrected chi connectivity index (χ4v) is 1.95. The molecule has 0 fully saturated rings. The molecule has 0 saturated heterocycles. The number of hydrogen-bond donors (Lipinski definition) is 1. The lowest BCUT2D eigenvalue weighted by molar-refractivity contribution is 0.521. The van der Waals surface area contributed by atoms with Crippen LogP contribution in [0.3, 0.4) is 0 Å². The summed E-state index contributed by atoms with van der Waals surface area (Å²) in [7, 11) is 1.90. The molecule has 0 aromatic heterocycles. The summed E-state index contributed by atoms with van der Waals surface area (Å²) in [6.45, 7) is 2.15. The summed E-state index contributed by atoms with van der Waals surface area (Å²) in [6, 6.07) is 4.80. The smallest absolute Gasteiger partial charge is 0.124 e. The second-order valence-electron chi connectivity index (χ2n) is 3.65. The Morgan fingerprint density at radius 2 is 2.20 bits per heavy atom. The van der Waals surface area contributed by atoms with Crippen molar-refractivity contribution in [1.29, 1.82) is 0 Å². The molecule has 0 aliphatic heterocycles. The maximum atomic E-state index is 12.9. The Balaban J connectivity index is 2.81. The first kappa shape index (κ1) is 12.5. The molecule has 15 heavy (non-hydrogen) atoms. The molecule has 0 heterocycles. The van der Waals surface area contributed by atoms with Crippen molar-refractivity contribution in [3.05, 3.63) is 34.6 Å². The van der Waals surface area contributed by atoms with Gasteiger partial charge in [-0.1, -0.05) is 37.4 Å². The molecule has 1 unspecified atom stereocenters. The van der Waals surface area contributed by atoms with Crippen molar-refractivity contribution in [2.24, 2.45) is 0 Å². The topological polar surface area (TPSA) is 12.0 Å². The van der Waals surface area contributed by atoms with Gasteiger partial charge in [-0.2, -0.15) is 0 Å². The monoisotopic (exact) mass is 229 g/mol. The maximum Gasteiger partial charge on any atom is 0.124 e. The van der Waals surface area contributed by atoms with Gasteiger partial charge in [-0.05, 0) is 31.2 Å². The summed E-state index contributed by atoms with van der Waals surface area (Å²) in [5, 5.41) is 3.71. The van der Waals surface area contributed by atoms with E-state index in [0.717, 1.165) is 24.8 Å². The zero-order chi connectivity index (χ0) is 11.3. The van der Waals surface area contributed by atoms with Crippen LogP contribution >= 0.6 is 11.6 Å². The van der Waals surface area contributed by atoms with Crippen LogP contribution in [0.2, 0.25) is 5.02 Å². The highest BCUT2D eigenvalue weighted by atomic mass is 35.5. The van der Waals surface area contributed by atoms with Gasteiger partial charge in [0.05, 0.1) is 0 Å². The average Bonchev–Trinajstić information content (AvgIpc) is 2.21. The summed E-state index contributed by atoms with van der Waals surface area (Å²) in [6.07, 6.45) is 3.31. The molecule has 84 valence electrons. The van der Waals surface area contributed by atoms with Gasteiger partial charge >= 0.3 is 0 Å². The molecule has 1 rings (SSSR count). The summed E-state index contributed by atoms with van der Waals surface area (Å²) < 4.78 is 12.9. The Hall–Kier alpha value is -0.600. The molecule has 0 amide bonds. The van der Waals surface area contributed by atoms with Crippen LogP contribution in [0.25, 0.3) is 0 Å². The maximum absolute atomic E-state index is 12.9. The first-order valence-electron chi connectivity index (χ1n) is 5.31. The molecule has 0 bridgehead atoms. The van der Waals surface area contributed by atoms with E-state index >= 15 is 0 Å². The third-order valence-electron chi connectivity index (χ3n) is 2.53. The van der Waals surface area contributed by atoms with E-state index < -0.39 is 0 Å². The Morgan fingerprint density at radius 1 is 1.47 bits per heavy atom. The van der Waals surface area contributed by atoms with Gasteiger partial charge in [-0.3, -0.25) is 0 Å². The second-order valence-corrected chi connectivity index (χ2v) is 4.06. The summed E-state index contributed by atoms with van der Waals surface area (Å²) in [5.41, 5.74) is 0.981. The minimum absolute atomic E-state index is 0.220. The van der Waals surface area contributed by atoms with E-state index in [4.69, 9.17) is 11.6 Å². The van der Waals surface area contributed by atoms with Crippen LogP contribution in [0.4, 0.5) is 4.39 Å². The molecule has 0 saturated carbocycles. The van der Waals surface area contributed by atoms with E-state index in [0.29, 0.717) is 5.02 Å². The van der Waals surface area contributed by atoms with Gasteiger partial charge in [0.15, 0.2) is 0 Å². The lowest BCUT2D eigenvalue weighted by Gasteiger charge is -2.17. The highest BCUT2D eigenvalue weighted by Crippen LogP contribution is 2.26. The number of unbranched alkanes of at least 4 members (excludes halogenated alkanes) is 1. The number of nitrogens with one attached hydrogen (secondary N) is 1. The van der Waals surface area contributed by atoms with Crippen LogP contribution in [0.1, 0.15) is 37.8 Å². The molecular weight excluding hydrogens is 213 g/mol. The van der Waals surface area contributed by atoms with E-state index in [-0.39, 0.29) is 11.9 Å².